The van der Waals surface area contributed by atoms with Crippen molar-refractivity contribution in [3.05, 3.63) is 28.2 Å². The molecule has 27 heavy (non-hydrogen) atoms. The van der Waals surface area contributed by atoms with Crippen LogP contribution in [0.3, 0.4) is 0 Å². The lowest BCUT2D eigenvalue weighted by Crippen LogP contribution is -2.37. The Kier molecular flexibility index (Phi) is 7.74. The molecule has 148 valence electrons. The molecule has 0 spiro atoms. The molecule has 0 bridgehead atoms. The summed E-state index contributed by atoms with van der Waals surface area (Å²) < 4.78 is 0. The number of nitrogens with one attached hydrogen (secondary N) is 1. The highest BCUT2D eigenvalue weighted by Gasteiger charge is 2.32. The summed E-state index contributed by atoms with van der Waals surface area (Å²) in [4.78, 5) is 19.9. The van der Waals surface area contributed by atoms with E-state index >= 15 is 0 Å². The zero-order valence-electron chi connectivity index (χ0n) is 15.7. The van der Waals surface area contributed by atoms with Crippen molar-refractivity contribution in [3.8, 4) is 0 Å². The predicted octanol–water partition coefficient (Wildman–Crippen LogP) is 5.84. The van der Waals surface area contributed by atoms with Gasteiger partial charge in [-0.3, -0.25) is 9.79 Å². The fourth-order valence-electron chi connectivity index (χ4n) is 3.72. The van der Waals surface area contributed by atoms with Crippen molar-refractivity contribution in [3.63, 3.8) is 0 Å². The molecule has 4 nitrogen and oxygen atoms in total. The minimum atomic E-state index is -0.0149. The summed E-state index contributed by atoms with van der Waals surface area (Å²) in [5, 5.41) is 5.09. The van der Waals surface area contributed by atoms with Gasteiger partial charge in [0, 0.05) is 40.5 Å². The summed E-state index contributed by atoms with van der Waals surface area (Å²) in [5.74, 6) is 0.897. The van der Waals surface area contributed by atoms with Gasteiger partial charge in [0.2, 0.25) is 5.91 Å². The van der Waals surface area contributed by atoms with Gasteiger partial charge in [0.15, 0.2) is 5.17 Å². The summed E-state index contributed by atoms with van der Waals surface area (Å²) in [7, 11) is 0. The smallest absolute Gasteiger partial charge is 0.226 e. The average molecular weight is 428 g/mol. The largest absolute Gasteiger partial charge is 0.347 e. The fourth-order valence-corrected chi connectivity index (χ4v) is 5.51. The van der Waals surface area contributed by atoms with Crippen LogP contribution in [0.15, 0.2) is 23.2 Å². The monoisotopic (exact) mass is 427 g/mol. The molecule has 3 rings (SSSR count). The molecule has 1 amide bonds. The van der Waals surface area contributed by atoms with Crippen LogP contribution in [0.5, 0.6) is 0 Å². The van der Waals surface area contributed by atoms with Gasteiger partial charge in [0.1, 0.15) is 0 Å². The van der Waals surface area contributed by atoms with Gasteiger partial charge in [-0.25, -0.2) is 0 Å². The highest BCUT2D eigenvalue weighted by atomic mass is 35.5. The van der Waals surface area contributed by atoms with Gasteiger partial charge >= 0.3 is 0 Å². The van der Waals surface area contributed by atoms with Gasteiger partial charge in [0.25, 0.3) is 0 Å². The summed E-state index contributed by atoms with van der Waals surface area (Å²) in [6.45, 7) is 3.12. The molecule has 1 aromatic rings. The Morgan fingerprint density at radius 1 is 1.22 bits per heavy atom. The number of hydrogen-bond acceptors (Lipinski definition) is 3. The second kappa shape index (κ2) is 10.0. The van der Waals surface area contributed by atoms with E-state index in [0.717, 1.165) is 23.9 Å². The molecule has 1 N–H and O–H groups in total. The lowest BCUT2D eigenvalue weighted by atomic mass is 9.96. The van der Waals surface area contributed by atoms with Crippen molar-refractivity contribution in [2.75, 3.05) is 17.6 Å². The summed E-state index contributed by atoms with van der Waals surface area (Å²) in [5.41, 5.74) is 0.640. The minimum absolute atomic E-state index is 0.0149. The van der Waals surface area contributed by atoms with Crippen LogP contribution in [0.25, 0.3) is 0 Å². The van der Waals surface area contributed by atoms with Gasteiger partial charge in [-0.1, -0.05) is 61.1 Å². The minimum Gasteiger partial charge on any atom is -0.347 e. The number of halogens is 2. The molecule has 1 saturated heterocycles. The van der Waals surface area contributed by atoms with Crippen LogP contribution in [0.1, 0.15) is 51.9 Å². The number of carbonyl (C=O) groups is 1. The zero-order valence-corrected chi connectivity index (χ0v) is 18.0. The lowest BCUT2D eigenvalue weighted by molar-refractivity contribution is -0.116. The lowest BCUT2D eigenvalue weighted by Gasteiger charge is -2.27. The van der Waals surface area contributed by atoms with Crippen LogP contribution in [-0.2, 0) is 4.79 Å². The summed E-state index contributed by atoms with van der Waals surface area (Å²) in [6.07, 6.45) is 7.80. The number of benzene rings is 1. The van der Waals surface area contributed by atoms with Gasteiger partial charge in [-0.2, -0.15) is 0 Å². The number of aliphatic imine (C=N–C) groups is 1. The van der Waals surface area contributed by atoms with Crippen LogP contribution in [0, 0.1) is 0 Å². The molecular formula is C20H27Cl2N3OS. The number of amidine groups is 1. The standard InChI is InChI=1S/C20H27Cl2N3OS/c1-2-8-25-18(13-27-20(25)24-16-6-4-3-5-7-16)12-19(26)23-17-10-14(21)9-15(22)11-17/h9-11,16,18H,2-8,12-13H2,1H3,(H,23,26). The maximum Gasteiger partial charge on any atom is 0.226 e. The Morgan fingerprint density at radius 3 is 2.59 bits per heavy atom. The van der Waals surface area contributed by atoms with Gasteiger partial charge in [0.05, 0.1) is 6.04 Å². The number of rotatable bonds is 6. The SMILES string of the molecule is CCCN1C(=NC2CCCCC2)SCC1CC(=O)Nc1cc(Cl)cc(Cl)c1. The number of carbonyl (C=O) groups excluding carboxylic acids is 1. The molecule has 1 aromatic carbocycles. The van der Waals surface area contributed by atoms with Gasteiger partial charge in [-0.15, -0.1) is 0 Å². The van der Waals surface area contributed by atoms with E-state index in [1.54, 1.807) is 30.0 Å². The Labute approximate surface area is 176 Å². The molecule has 0 aromatic heterocycles. The zero-order chi connectivity index (χ0) is 19.2. The second-order valence-electron chi connectivity index (χ2n) is 7.27. The molecule has 1 saturated carbocycles. The summed E-state index contributed by atoms with van der Waals surface area (Å²) in [6, 6.07) is 5.74. The first-order chi connectivity index (χ1) is 13.0. The maximum absolute atomic E-state index is 12.6. The molecule has 7 heteroatoms. The topological polar surface area (TPSA) is 44.7 Å². The third-order valence-electron chi connectivity index (χ3n) is 4.99. The van der Waals surface area contributed by atoms with E-state index in [1.807, 2.05) is 0 Å². The van der Waals surface area contributed by atoms with E-state index < -0.39 is 0 Å². The Balaban J connectivity index is 1.62. The van der Waals surface area contributed by atoms with Crippen LogP contribution >= 0.6 is 35.0 Å². The van der Waals surface area contributed by atoms with E-state index in [4.69, 9.17) is 28.2 Å². The van der Waals surface area contributed by atoms with E-state index in [2.05, 4.69) is 17.1 Å². The van der Waals surface area contributed by atoms with Crippen LogP contribution in [0.2, 0.25) is 10.0 Å². The Morgan fingerprint density at radius 2 is 1.93 bits per heavy atom. The third-order valence-corrected chi connectivity index (χ3v) is 6.58. The number of hydrogen-bond donors (Lipinski definition) is 1. The van der Waals surface area contributed by atoms with Crippen LogP contribution < -0.4 is 5.32 Å². The molecule has 2 aliphatic rings. The molecule has 2 fully saturated rings. The molecule has 1 atom stereocenters. The fraction of sp³-hybridized carbons (Fsp3) is 0.600. The first-order valence-corrected chi connectivity index (χ1v) is 11.5. The van der Waals surface area contributed by atoms with Crippen molar-refractivity contribution in [2.24, 2.45) is 4.99 Å². The number of anilines is 1. The second-order valence-corrected chi connectivity index (χ2v) is 9.13. The van der Waals surface area contributed by atoms with Crippen LogP contribution in [-0.4, -0.2) is 40.4 Å². The highest BCUT2D eigenvalue weighted by Crippen LogP contribution is 2.30. The van der Waals surface area contributed by atoms with Crippen molar-refractivity contribution in [1.82, 2.24) is 4.90 Å². The number of amides is 1. The third kappa shape index (κ3) is 6.03. The first-order valence-electron chi connectivity index (χ1n) is 9.78. The number of nitrogens with zero attached hydrogens (tertiary/aromatic N) is 2. The Hall–Kier alpha value is -0.910. The molecule has 1 unspecified atom stereocenters. The van der Waals surface area contributed by atoms with Crippen molar-refractivity contribution < 1.29 is 4.79 Å². The molecular weight excluding hydrogens is 401 g/mol. The van der Waals surface area contributed by atoms with Gasteiger partial charge < -0.3 is 10.2 Å². The normalized spacial score (nSPS) is 22.4. The van der Waals surface area contributed by atoms with Gasteiger partial charge in [-0.05, 0) is 37.5 Å². The molecule has 0 radical (unpaired) electrons. The molecule has 1 aliphatic carbocycles. The number of thioether (sulfide) groups is 1. The predicted molar refractivity (Wildman–Crippen MR) is 117 cm³/mol. The highest BCUT2D eigenvalue weighted by molar-refractivity contribution is 8.14. The van der Waals surface area contributed by atoms with E-state index in [-0.39, 0.29) is 11.9 Å². The van der Waals surface area contributed by atoms with Crippen LogP contribution in [0.4, 0.5) is 5.69 Å². The summed E-state index contributed by atoms with van der Waals surface area (Å²) >= 11 is 13.8. The van der Waals surface area contributed by atoms with E-state index in [9.17, 15) is 4.79 Å². The molecule has 1 heterocycles. The van der Waals surface area contributed by atoms with Crippen molar-refractivity contribution in [1.29, 1.82) is 0 Å². The maximum atomic E-state index is 12.6. The van der Waals surface area contributed by atoms with E-state index in [0.29, 0.717) is 28.2 Å². The average Bonchev–Trinajstić information content (AvgIpc) is 2.97. The van der Waals surface area contributed by atoms with Crippen molar-refractivity contribution >= 4 is 51.7 Å². The quantitative estimate of drug-likeness (QED) is 0.619. The van der Waals surface area contributed by atoms with E-state index in [1.165, 1.54) is 32.1 Å². The first kappa shape index (κ1) is 20.8. The molecule has 1 aliphatic heterocycles. The Bertz CT molecular complexity index is 672. The van der Waals surface area contributed by atoms with Crippen molar-refractivity contribution in [2.45, 2.75) is 64.0 Å².